The van der Waals surface area contributed by atoms with E-state index < -0.39 is 9.84 Å². The highest BCUT2D eigenvalue weighted by molar-refractivity contribution is 7.91. The van der Waals surface area contributed by atoms with Gasteiger partial charge in [-0.3, -0.25) is 4.79 Å². The second-order valence-corrected chi connectivity index (χ2v) is 8.02. The molecule has 1 fully saturated rings. The lowest BCUT2D eigenvalue weighted by atomic mass is 9.90. The van der Waals surface area contributed by atoms with Crippen molar-refractivity contribution in [2.45, 2.75) is 18.9 Å². The number of sulfone groups is 1. The van der Waals surface area contributed by atoms with Crippen LogP contribution in [0.15, 0.2) is 24.3 Å². The average Bonchev–Trinajstić information content (AvgIpc) is 2.67. The number of hydrogen-bond donors (Lipinski definition) is 1. The highest BCUT2D eigenvalue weighted by Crippen LogP contribution is 2.26. The summed E-state index contributed by atoms with van der Waals surface area (Å²) in [6, 6.07) is 7.98. The first-order valence-electron chi connectivity index (χ1n) is 7.34. The van der Waals surface area contributed by atoms with Crippen LogP contribution in [0.4, 0.5) is 0 Å². The van der Waals surface area contributed by atoms with Gasteiger partial charge in [-0.1, -0.05) is 24.3 Å². The van der Waals surface area contributed by atoms with Gasteiger partial charge in [0.1, 0.15) is 0 Å². The van der Waals surface area contributed by atoms with Crippen LogP contribution in [-0.2, 0) is 21.2 Å². The van der Waals surface area contributed by atoms with Gasteiger partial charge < -0.3 is 10.2 Å². The van der Waals surface area contributed by atoms with Gasteiger partial charge in [-0.2, -0.15) is 0 Å². The van der Waals surface area contributed by atoms with Gasteiger partial charge >= 0.3 is 0 Å². The fraction of sp³-hybridized carbons (Fsp3) is 0.533. The summed E-state index contributed by atoms with van der Waals surface area (Å²) in [7, 11) is -2.99. The van der Waals surface area contributed by atoms with Gasteiger partial charge in [0.05, 0.1) is 17.4 Å². The molecule has 0 bridgehead atoms. The Labute approximate surface area is 125 Å². The number of carbonyl (C=O) groups excluding carboxylic acids is 1. The summed E-state index contributed by atoms with van der Waals surface area (Å²) >= 11 is 0. The van der Waals surface area contributed by atoms with Gasteiger partial charge in [-0.05, 0) is 17.5 Å². The predicted molar refractivity (Wildman–Crippen MR) is 80.7 cm³/mol. The lowest BCUT2D eigenvalue weighted by Crippen LogP contribution is -2.42. The largest absolute Gasteiger partial charge is 0.341 e. The Bertz CT molecular complexity index is 642. The quantitative estimate of drug-likeness (QED) is 0.821. The molecule has 3 rings (SSSR count). The van der Waals surface area contributed by atoms with Crippen molar-refractivity contribution in [3.05, 3.63) is 35.4 Å². The summed E-state index contributed by atoms with van der Waals surface area (Å²) in [4.78, 5) is 14.5. The van der Waals surface area contributed by atoms with Crippen LogP contribution >= 0.6 is 0 Å². The topological polar surface area (TPSA) is 66.5 Å². The van der Waals surface area contributed by atoms with Gasteiger partial charge in [0.25, 0.3) is 0 Å². The minimum Gasteiger partial charge on any atom is -0.341 e. The molecule has 1 N–H and O–H groups in total. The Kier molecular flexibility index (Phi) is 3.99. The molecule has 0 aliphatic carbocycles. The number of nitrogens with zero attached hydrogens (tertiary/aromatic N) is 1. The highest BCUT2D eigenvalue weighted by atomic mass is 32.2. The maximum atomic E-state index is 12.8. The molecule has 1 aromatic rings. The molecular formula is C15H20N2O3S. The molecule has 2 aliphatic rings. The Balaban J connectivity index is 1.80. The van der Waals surface area contributed by atoms with E-state index >= 15 is 0 Å². The van der Waals surface area contributed by atoms with E-state index in [0.29, 0.717) is 26.1 Å². The number of fused-ring (bicyclic) bond motifs is 1. The van der Waals surface area contributed by atoms with Crippen LogP contribution in [0.2, 0.25) is 0 Å². The Morgan fingerprint density at radius 2 is 2.00 bits per heavy atom. The normalized spacial score (nSPS) is 25.0. The van der Waals surface area contributed by atoms with Crippen molar-refractivity contribution in [1.29, 1.82) is 0 Å². The summed E-state index contributed by atoms with van der Waals surface area (Å²) in [6.45, 7) is 2.27. The minimum absolute atomic E-state index is 0.0479. The van der Waals surface area contributed by atoms with E-state index in [4.69, 9.17) is 0 Å². The van der Waals surface area contributed by atoms with E-state index in [9.17, 15) is 13.2 Å². The van der Waals surface area contributed by atoms with Crippen LogP contribution < -0.4 is 5.32 Å². The summed E-state index contributed by atoms with van der Waals surface area (Å²) in [5.41, 5.74) is 2.23. The van der Waals surface area contributed by atoms with Gasteiger partial charge in [-0.25, -0.2) is 8.42 Å². The number of rotatable bonds is 1. The van der Waals surface area contributed by atoms with E-state index in [-0.39, 0.29) is 23.3 Å². The SMILES string of the molecule is O=C(C1CNCc2ccccc21)N1CCCS(=O)(=O)CC1. The number of benzene rings is 1. The fourth-order valence-corrected chi connectivity index (χ4v) is 4.37. The zero-order chi connectivity index (χ0) is 14.9. The predicted octanol–water partition coefficient (Wildman–Crippen LogP) is 0.521. The fourth-order valence-electron chi connectivity index (χ4n) is 3.10. The van der Waals surface area contributed by atoms with Crippen molar-refractivity contribution in [3.8, 4) is 0 Å². The van der Waals surface area contributed by atoms with E-state index in [2.05, 4.69) is 5.32 Å². The molecule has 0 spiro atoms. The first-order valence-corrected chi connectivity index (χ1v) is 9.17. The van der Waals surface area contributed by atoms with Gasteiger partial charge in [0.15, 0.2) is 9.84 Å². The van der Waals surface area contributed by atoms with Crippen molar-refractivity contribution in [2.24, 2.45) is 0 Å². The van der Waals surface area contributed by atoms with Gasteiger partial charge in [0.2, 0.25) is 5.91 Å². The lowest BCUT2D eigenvalue weighted by Gasteiger charge is -2.30. The number of nitrogens with one attached hydrogen (secondary N) is 1. The van der Waals surface area contributed by atoms with Crippen LogP contribution in [0.1, 0.15) is 23.5 Å². The number of hydrogen-bond acceptors (Lipinski definition) is 4. The van der Waals surface area contributed by atoms with Crippen LogP contribution in [0.5, 0.6) is 0 Å². The highest BCUT2D eigenvalue weighted by Gasteiger charge is 2.31. The van der Waals surface area contributed by atoms with Crippen molar-refractivity contribution >= 4 is 15.7 Å². The van der Waals surface area contributed by atoms with E-state index in [1.807, 2.05) is 24.3 Å². The molecule has 1 saturated heterocycles. The molecule has 1 aromatic carbocycles. The number of amides is 1. The molecule has 1 amide bonds. The van der Waals surface area contributed by atoms with E-state index in [1.54, 1.807) is 4.90 Å². The Morgan fingerprint density at radius 3 is 2.86 bits per heavy atom. The van der Waals surface area contributed by atoms with Crippen LogP contribution in [0.3, 0.4) is 0 Å². The molecule has 1 atom stereocenters. The summed E-state index contributed by atoms with van der Waals surface area (Å²) in [5, 5.41) is 3.28. The maximum Gasteiger partial charge on any atom is 0.231 e. The summed E-state index contributed by atoms with van der Waals surface area (Å²) in [5.74, 6) is 0.124. The summed E-state index contributed by atoms with van der Waals surface area (Å²) < 4.78 is 23.3. The second kappa shape index (κ2) is 5.77. The van der Waals surface area contributed by atoms with Crippen molar-refractivity contribution < 1.29 is 13.2 Å². The van der Waals surface area contributed by atoms with Gasteiger partial charge in [0, 0.05) is 26.2 Å². The van der Waals surface area contributed by atoms with E-state index in [0.717, 1.165) is 17.7 Å². The molecule has 1 unspecified atom stereocenters. The standard InChI is InChI=1S/C15H20N2O3S/c18-15(17-6-3-8-21(19,20)9-7-17)14-11-16-10-12-4-1-2-5-13(12)14/h1-2,4-5,14,16H,3,6-11H2. The zero-order valence-corrected chi connectivity index (χ0v) is 12.7. The second-order valence-electron chi connectivity index (χ2n) is 5.71. The van der Waals surface area contributed by atoms with Crippen LogP contribution in [-0.4, -0.2) is 50.4 Å². The molecule has 6 heteroatoms. The monoisotopic (exact) mass is 308 g/mol. The van der Waals surface area contributed by atoms with Crippen LogP contribution in [0.25, 0.3) is 0 Å². The molecule has 2 heterocycles. The molecule has 114 valence electrons. The molecule has 21 heavy (non-hydrogen) atoms. The lowest BCUT2D eigenvalue weighted by molar-refractivity contribution is -0.132. The van der Waals surface area contributed by atoms with Crippen LogP contribution in [0, 0.1) is 0 Å². The average molecular weight is 308 g/mol. The first-order chi connectivity index (χ1) is 10.1. The summed E-state index contributed by atoms with van der Waals surface area (Å²) in [6.07, 6.45) is 0.538. The Hall–Kier alpha value is -1.40. The molecular weight excluding hydrogens is 288 g/mol. The number of carbonyl (C=O) groups is 1. The zero-order valence-electron chi connectivity index (χ0n) is 11.9. The minimum atomic E-state index is -2.99. The molecule has 0 radical (unpaired) electrons. The smallest absolute Gasteiger partial charge is 0.231 e. The molecule has 0 saturated carbocycles. The Morgan fingerprint density at radius 1 is 1.19 bits per heavy atom. The van der Waals surface area contributed by atoms with Crippen molar-refractivity contribution in [1.82, 2.24) is 10.2 Å². The third-order valence-electron chi connectivity index (χ3n) is 4.26. The third-order valence-corrected chi connectivity index (χ3v) is 5.98. The maximum absolute atomic E-state index is 12.8. The molecule has 5 nitrogen and oxygen atoms in total. The molecule has 2 aliphatic heterocycles. The molecule has 0 aromatic heterocycles. The van der Waals surface area contributed by atoms with Gasteiger partial charge in [-0.15, -0.1) is 0 Å². The van der Waals surface area contributed by atoms with Crippen molar-refractivity contribution in [3.63, 3.8) is 0 Å². The van der Waals surface area contributed by atoms with Crippen molar-refractivity contribution in [2.75, 3.05) is 31.1 Å². The first kappa shape index (κ1) is 14.5. The van der Waals surface area contributed by atoms with E-state index in [1.165, 1.54) is 0 Å². The third kappa shape index (κ3) is 3.11.